The van der Waals surface area contributed by atoms with Gasteiger partial charge in [-0.3, -0.25) is 4.98 Å². The second kappa shape index (κ2) is 3.85. The zero-order chi connectivity index (χ0) is 9.14. The van der Waals surface area contributed by atoms with Crippen LogP contribution in [-0.4, -0.2) is 16.2 Å². The molecule has 12 heavy (non-hydrogen) atoms. The van der Waals surface area contributed by atoms with Gasteiger partial charge >= 0.3 is 0 Å². The Hall–Kier alpha value is -0.640. The lowest BCUT2D eigenvalue weighted by Crippen LogP contribution is -2.23. The van der Waals surface area contributed by atoms with E-state index in [2.05, 4.69) is 4.98 Å². The maximum Gasteiger partial charge on any atom is 0.0705 e. The van der Waals surface area contributed by atoms with Crippen LogP contribution in [0.25, 0.3) is 0 Å². The van der Waals surface area contributed by atoms with Crippen molar-refractivity contribution in [2.24, 2.45) is 5.73 Å². The van der Waals surface area contributed by atoms with Crippen molar-refractivity contribution in [2.45, 2.75) is 19.1 Å². The Morgan fingerprint density at radius 2 is 2.33 bits per heavy atom. The van der Waals surface area contributed by atoms with E-state index in [-0.39, 0.29) is 0 Å². The first kappa shape index (κ1) is 9.45. The largest absolute Gasteiger partial charge is 0.391 e. The summed E-state index contributed by atoms with van der Waals surface area (Å²) in [7, 11) is 0. The van der Waals surface area contributed by atoms with Gasteiger partial charge in [0.2, 0.25) is 0 Å². The number of halogens is 1. The molecule has 66 valence electrons. The molecule has 0 aliphatic carbocycles. The zero-order valence-electron chi connectivity index (χ0n) is 6.74. The minimum atomic E-state index is -0.619. The quantitative estimate of drug-likeness (QED) is 0.728. The summed E-state index contributed by atoms with van der Waals surface area (Å²) in [6, 6.07) is 1.19. The van der Waals surface area contributed by atoms with E-state index in [9.17, 15) is 5.11 Å². The third kappa shape index (κ3) is 1.94. The van der Waals surface area contributed by atoms with E-state index < -0.39 is 12.1 Å². The van der Waals surface area contributed by atoms with Gasteiger partial charge in [-0.1, -0.05) is 11.6 Å². The SMILES string of the molecule is C[C@@H](O)[C@@H](N)c1cnccc1Cl. The summed E-state index contributed by atoms with van der Waals surface area (Å²) in [5.41, 5.74) is 6.34. The predicted molar refractivity (Wildman–Crippen MR) is 47.9 cm³/mol. The normalized spacial score (nSPS) is 15.7. The molecule has 3 nitrogen and oxygen atoms in total. The van der Waals surface area contributed by atoms with Crippen molar-refractivity contribution in [3.63, 3.8) is 0 Å². The summed E-state index contributed by atoms with van der Waals surface area (Å²) in [6.07, 6.45) is 2.53. The van der Waals surface area contributed by atoms with Gasteiger partial charge in [-0.2, -0.15) is 0 Å². The van der Waals surface area contributed by atoms with E-state index in [0.29, 0.717) is 10.6 Å². The molecular formula is C8H11ClN2O. The number of nitrogens with zero attached hydrogens (tertiary/aromatic N) is 1. The summed E-state index contributed by atoms with van der Waals surface area (Å²) in [6.45, 7) is 1.62. The molecule has 0 saturated carbocycles. The minimum absolute atomic E-state index is 0.466. The summed E-state index contributed by atoms with van der Waals surface area (Å²) in [5.74, 6) is 0. The molecule has 1 rings (SSSR count). The van der Waals surface area contributed by atoms with Crippen LogP contribution in [0.3, 0.4) is 0 Å². The van der Waals surface area contributed by atoms with Crippen LogP contribution in [0.15, 0.2) is 18.5 Å². The van der Waals surface area contributed by atoms with Crippen molar-refractivity contribution in [2.75, 3.05) is 0 Å². The van der Waals surface area contributed by atoms with Gasteiger partial charge in [0, 0.05) is 23.0 Å². The lowest BCUT2D eigenvalue weighted by atomic mass is 10.1. The van der Waals surface area contributed by atoms with Crippen LogP contribution in [-0.2, 0) is 0 Å². The van der Waals surface area contributed by atoms with Crippen LogP contribution < -0.4 is 5.73 Å². The molecule has 0 aliphatic heterocycles. The van der Waals surface area contributed by atoms with Gasteiger partial charge in [0.05, 0.1) is 12.1 Å². The van der Waals surface area contributed by atoms with Gasteiger partial charge in [0.15, 0.2) is 0 Å². The highest BCUT2D eigenvalue weighted by molar-refractivity contribution is 6.31. The van der Waals surface area contributed by atoms with E-state index in [0.717, 1.165) is 0 Å². The summed E-state index contributed by atoms with van der Waals surface area (Å²) in [5, 5.41) is 9.73. The molecule has 0 radical (unpaired) electrons. The van der Waals surface area contributed by atoms with Crippen molar-refractivity contribution >= 4 is 11.6 Å². The van der Waals surface area contributed by atoms with E-state index in [4.69, 9.17) is 17.3 Å². The fourth-order valence-electron chi connectivity index (χ4n) is 0.895. The van der Waals surface area contributed by atoms with Crippen LogP contribution in [0, 0.1) is 0 Å². The molecule has 0 spiro atoms. The fraction of sp³-hybridized carbons (Fsp3) is 0.375. The Labute approximate surface area is 76.2 Å². The van der Waals surface area contributed by atoms with Crippen molar-refractivity contribution in [1.29, 1.82) is 0 Å². The number of hydrogen-bond acceptors (Lipinski definition) is 3. The molecular weight excluding hydrogens is 176 g/mol. The average molecular weight is 187 g/mol. The third-order valence-electron chi connectivity index (χ3n) is 1.68. The van der Waals surface area contributed by atoms with Gasteiger partial charge in [-0.15, -0.1) is 0 Å². The second-order valence-corrected chi connectivity index (χ2v) is 3.07. The zero-order valence-corrected chi connectivity index (χ0v) is 7.49. The number of aliphatic hydroxyl groups is 1. The smallest absolute Gasteiger partial charge is 0.0705 e. The molecule has 1 aromatic rings. The van der Waals surface area contributed by atoms with Crippen LogP contribution in [0.4, 0.5) is 0 Å². The third-order valence-corrected chi connectivity index (χ3v) is 2.02. The number of aromatic nitrogens is 1. The Balaban J connectivity index is 2.94. The first-order valence-corrected chi connectivity index (χ1v) is 4.03. The van der Waals surface area contributed by atoms with Gasteiger partial charge in [0.25, 0.3) is 0 Å². The van der Waals surface area contributed by atoms with E-state index in [1.165, 1.54) is 0 Å². The monoisotopic (exact) mass is 186 g/mol. The molecule has 1 aromatic heterocycles. The molecule has 4 heteroatoms. The van der Waals surface area contributed by atoms with Gasteiger partial charge < -0.3 is 10.8 Å². The lowest BCUT2D eigenvalue weighted by Gasteiger charge is -2.15. The highest BCUT2D eigenvalue weighted by Gasteiger charge is 2.14. The topological polar surface area (TPSA) is 59.1 Å². The number of rotatable bonds is 2. The van der Waals surface area contributed by atoms with Crippen molar-refractivity contribution in [3.8, 4) is 0 Å². The molecule has 1 heterocycles. The van der Waals surface area contributed by atoms with Crippen molar-refractivity contribution in [1.82, 2.24) is 4.98 Å². The van der Waals surface area contributed by atoms with Gasteiger partial charge in [0.1, 0.15) is 0 Å². The Kier molecular flexibility index (Phi) is 3.03. The highest BCUT2D eigenvalue weighted by atomic mass is 35.5. The van der Waals surface area contributed by atoms with Crippen molar-refractivity contribution < 1.29 is 5.11 Å². The predicted octanol–water partition coefficient (Wildman–Crippen LogP) is 1.12. The second-order valence-electron chi connectivity index (χ2n) is 2.66. The molecule has 0 saturated heterocycles. The fourth-order valence-corrected chi connectivity index (χ4v) is 1.13. The standard InChI is InChI=1S/C8H11ClN2O/c1-5(12)8(10)6-4-11-3-2-7(6)9/h2-5,8,12H,10H2,1H3/t5-,8-/m1/s1. The van der Waals surface area contributed by atoms with Crippen LogP contribution in [0.2, 0.25) is 5.02 Å². The molecule has 0 amide bonds. The van der Waals surface area contributed by atoms with E-state index in [1.807, 2.05) is 0 Å². The van der Waals surface area contributed by atoms with Crippen molar-refractivity contribution in [3.05, 3.63) is 29.0 Å². The molecule has 3 N–H and O–H groups in total. The number of nitrogens with two attached hydrogens (primary N) is 1. The lowest BCUT2D eigenvalue weighted by molar-refractivity contribution is 0.164. The van der Waals surface area contributed by atoms with Crippen LogP contribution in [0.1, 0.15) is 18.5 Å². The van der Waals surface area contributed by atoms with E-state index >= 15 is 0 Å². The minimum Gasteiger partial charge on any atom is -0.391 e. The number of aliphatic hydroxyl groups excluding tert-OH is 1. The van der Waals surface area contributed by atoms with Crippen LogP contribution in [0.5, 0.6) is 0 Å². The summed E-state index contributed by atoms with van der Waals surface area (Å²) in [4.78, 5) is 3.87. The molecule has 0 aliphatic rings. The molecule has 0 aromatic carbocycles. The number of pyridine rings is 1. The maximum atomic E-state index is 9.19. The summed E-state index contributed by atoms with van der Waals surface area (Å²) < 4.78 is 0. The van der Waals surface area contributed by atoms with Gasteiger partial charge in [-0.05, 0) is 13.0 Å². The Morgan fingerprint density at radius 3 is 2.83 bits per heavy atom. The average Bonchev–Trinajstić information content (AvgIpc) is 2.04. The van der Waals surface area contributed by atoms with E-state index in [1.54, 1.807) is 25.4 Å². The molecule has 2 atom stereocenters. The Morgan fingerprint density at radius 1 is 1.67 bits per heavy atom. The molecule has 0 fully saturated rings. The van der Waals surface area contributed by atoms with Gasteiger partial charge in [-0.25, -0.2) is 0 Å². The maximum absolute atomic E-state index is 9.19. The van der Waals surface area contributed by atoms with Crippen LogP contribution >= 0.6 is 11.6 Å². The Bertz CT molecular complexity index is 265. The molecule has 0 bridgehead atoms. The first-order chi connectivity index (χ1) is 5.63. The first-order valence-electron chi connectivity index (χ1n) is 3.66. The number of hydrogen-bond donors (Lipinski definition) is 2. The highest BCUT2D eigenvalue weighted by Crippen LogP contribution is 2.21. The molecule has 0 unspecified atom stereocenters. The summed E-state index contributed by atoms with van der Waals surface area (Å²) >= 11 is 5.83.